The number of fused-ring (bicyclic) bond motifs is 3. The molecule has 178 valence electrons. The first-order valence-electron chi connectivity index (χ1n) is 12.5. The van der Waals surface area contributed by atoms with Crippen molar-refractivity contribution in [2.45, 2.75) is 38.9 Å². The first-order chi connectivity index (χ1) is 17.3. The number of hydrogen-bond acceptors (Lipinski definition) is 3. The minimum atomic E-state index is -0.359. The van der Waals surface area contributed by atoms with Crippen LogP contribution in [0.5, 0.6) is 0 Å². The van der Waals surface area contributed by atoms with Gasteiger partial charge in [-0.15, -0.1) is 0 Å². The first-order valence-corrected chi connectivity index (χ1v) is 12.5. The van der Waals surface area contributed by atoms with Crippen LogP contribution in [0.4, 0.5) is 17.1 Å². The second kappa shape index (κ2) is 8.51. The van der Waals surface area contributed by atoms with Crippen LogP contribution in [0.15, 0.2) is 109 Å². The minimum absolute atomic E-state index is 0.351. The molecule has 1 saturated heterocycles. The zero-order valence-electron chi connectivity index (χ0n) is 21.2. The highest BCUT2D eigenvalue weighted by Gasteiger charge is 2.51. The molecular formula is C32H30BNO2. The third kappa shape index (κ3) is 3.87. The Balaban J connectivity index is 1.41. The van der Waals surface area contributed by atoms with Crippen LogP contribution in [-0.4, -0.2) is 18.3 Å². The number of hydrogen-bond donors (Lipinski definition) is 0. The zero-order chi connectivity index (χ0) is 24.9. The summed E-state index contributed by atoms with van der Waals surface area (Å²) >= 11 is 0. The van der Waals surface area contributed by atoms with E-state index < -0.39 is 0 Å². The van der Waals surface area contributed by atoms with Crippen LogP contribution < -0.4 is 10.4 Å². The van der Waals surface area contributed by atoms with Crippen LogP contribution in [0.3, 0.4) is 0 Å². The fourth-order valence-corrected chi connectivity index (χ4v) is 4.94. The van der Waals surface area contributed by atoms with E-state index in [1.807, 2.05) is 0 Å². The van der Waals surface area contributed by atoms with Crippen LogP contribution in [-0.2, 0) is 9.31 Å². The van der Waals surface area contributed by atoms with E-state index in [0.717, 1.165) is 22.5 Å². The number of benzene rings is 5. The molecule has 0 saturated carbocycles. The van der Waals surface area contributed by atoms with Gasteiger partial charge in [0, 0.05) is 17.1 Å². The normalized spacial score (nSPS) is 16.5. The molecule has 1 aliphatic heterocycles. The molecule has 4 heteroatoms. The lowest BCUT2D eigenvalue weighted by Crippen LogP contribution is -2.41. The Hall–Kier alpha value is -3.60. The smallest absolute Gasteiger partial charge is 0.399 e. The van der Waals surface area contributed by atoms with Crippen molar-refractivity contribution in [3.05, 3.63) is 109 Å². The highest BCUT2D eigenvalue weighted by atomic mass is 16.7. The second-order valence-corrected chi connectivity index (χ2v) is 10.5. The van der Waals surface area contributed by atoms with Gasteiger partial charge in [0.2, 0.25) is 0 Å². The molecule has 0 bridgehead atoms. The van der Waals surface area contributed by atoms with Crippen LogP contribution in [0.25, 0.3) is 21.5 Å². The molecule has 0 aliphatic carbocycles. The molecular weight excluding hydrogens is 441 g/mol. The molecule has 1 aliphatic rings. The largest absolute Gasteiger partial charge is 0.494 e. The standard InChI is InChI=1S/C32H30BNO2/c1-31(2)32(3,4)36-33(35-31)25-17-19-29-23(21-25)15-16-24-22-28(18-20-30(24)29)34(26-11-7-5-8-12-26)27-13-9-6-10-14-27/h5-22H,1-4H3. The molecule has 36 heavy (non-hydrogen) atoms. The van der Waals surface area contributed by atoms with Gasteiger partial charge in [-0.2, -0.15) is 0 Å². The Morgan fingerprint density at radius 1 is 0.528 bits per heavy atom. The monoisotopic (exact) mass is 471 g/mol. The fourth-order valence-electron chi connectivity index (χ4n) is 4.94. The Kier molecular flexibility index (Phi) is 5.40. The maximum absolute atomic E-state index is 6.28. The van der Waals surface area contributed by atoms with Crippen molar-refractivity contribution in [1.82, 2.24) is 0 Å². The van der Waals surface area contributed by atoms with E-state index >= 15 is 0 Å². The van der Waals surface area contributed by atoms with Gasteiger partial charge in [0.05, 0.1) is 11.2 Å². The summed E-state index contributed by atoms with van der Waals surface area (Å²) < 4.78 is 12.6. The van der Waals surface area contributed by atoms with Crippen molar-refractivity contribution < 1.29 is 9.31 Å². The number of nitrogens with zero attached hydrogens (tertiary/aromatic N) is 1. The molecule has 0 radical (unpaired) electrons. The molecule has 1 fully saturated rings. The van der Waals surface area contributed by atoms with E-state index in [4.69, 9.17) is 9.31 Å². The summed E-state index contributed by atoms with van der Waals surface area (Å²) in [6.45, 7) is 8.36. The maximum Gasteiger partial charge on any atom is 0.494 e. The molecule has 0 atom stereocenters. The fraction of sp³-hybridized carbons (Fsp3) is 0.188. The molecule has 0 amide bonds. The SMILES string of the molecule is CC1(C)OB(c2ccc3c(ccc4cc(N(c5ccccc5)c5ccccc5)ccc43)c2)OC1(C)C. The van der Waals surface area contributed by atoms with E-state index in [-0.39, 0.29) is 18.3 Å². The van der Waals surface area contributed by atoms with Crippen molar-refractivity contribution in [3.8, 4) is 0 Å². The Morgan fingerprint density at radius 3 is 1.58 bits per heavy atom. The van der Waals surface area contributed by atoms with E-state index in [0.29, 0.717) is 0 Å². The summed E-state index contributed by atoms with van der Waals surface area (Å²) in [6.07, 6.45) is 0. The average molecular weight is 471 g/mol. The summed E-state index contributed by atoms with van der Waals surface area (Å²) in [7, 11) is -0.359. The molecule has 0 N–H and O–H groups in total. The predicted octanol–water partition coefficient (Wildman–Crippen LogP) is 7.76. The summed E-state index contributed by atoms with van der Waals surface area (Å²) in [4.78, 5) is 2.30. The van der Waals surface area contributed by atoms with Crippen molar-refractivity contribution in [2.24, 2.45) is 0 Å². The van der Waals surface area contributed by atoms with Crippen LogP contribution >= 0.6 is 0 Å². The van der Waals surface area contributed by atoms with E-state index in [1.54, 1.807) is 0 Å². The summed E-state index contributed by atoms with van der Waals surface area (Å²) in [5, 5.41) is 4.86. The Bertz CT molecular complexity index is 1490. The van der Waals surface area contributed by atoms with Gasteiger partial charge < -0.3 is 14.2 Å². The lowest BCUT2D eigenvalue weighted by atomic mass is 9.78. The van der Waals surface area contributed by atoms with Gasteiger partial charge in [0.25, 0.3) is 0 Å². The van der Waals surface area contributed by atoms with Crippen LogP contribution in [0, 0.1) is 0 Å². The van der Waals surface area contributed by atoms with Gasteiger partial charge in [0.1, 0.15) is 0 Å². The maximum atomic E-state index is 6.28. The first kappa shape index (κ1) is 22.8. The summed E-state index contributed by atoms with van der Waals surface area (Å²) in [5.41, 5.74) is 3.75. The quantitative estimate of drug-likeness (QED) is 0.198. The van der Waals surface area contributed by atoms with Gasteiger partial charge in [-0.25, -0.2) is 0 Å². The molecule has 6 rings (SSSR count). The van der Waals surface area contributed by atoms with Crippen molar-refractivity contribution in [2.75, 3.05) is 4.90 Å². The number of rotatable bonds is 4. The lowest BCUT2D eigenvalue weighted by molar-refractivity contribution is 0.00578. The van der Waals surface area contributed by atoms with Gasteiger partial charge >= 0.3 is 7.12 Å². The van der Waals surface area contributed by atoms with E-state index in [1.165, 1.54) is 21.5 Å². The Morgan fingerprint density at radius 2 is 1.03 bits per heavy atom. The van der Waals surface area contributed by atoms with Crippen molar-refractivity contribution in [3.63, 3.8) is 0 Å². The summed E-state index contributed by atoms with van der Waals surface area (Å²) in [6, 6.07) is 38.7. The van der Waals surface area contributed by atoms with E-state index in [2.05, 4.69) is 142 Å². The third-order valence-electron chi connectivity index (χ3n) is 7.66. The summed E-state index contributed by atoms with van der Waals surface area (Å²) in [5.74, 6) is 0. The van der Waals surface area contributed by atoms with Crippen molar-refractivity contribution >= 4 is 51.2 Å². The molecule has 3 nitrogen and oxygen atoms in total. The molecule has 5 aromatic carbocycles. The van der Waals surface area contributed by atoms with E-state index in [9.17, 15) is 0 Å². The predicted molar refractivity (Wildman–Crippen MR) is 152 cm³/mol. The van der Waals surface area contributed by atoms with Gasteiger partial charge in [-0.1, -0.05) is 72.8 Å². The van der Waals surface area contributed by atoms with Crippen molar-refractivity contribution in [1.29, 1.82) is 0 Å². The minimum Gasteiger partial charge on any atom is -0.399 e. The highest BCUT2D eigenvalue weighted by Crippen LogP contribution is 2.38. The molecule has 0 unspecified atom stereocenters. The van der Waals surface area contributed by atoms with Crippen LogP contribution in [0.1, 0.15) is 27.7 Å². The second-order valence-electron chi connectivity index (χ2n) is 10.5. The zero-order valence-corrected chi connectivity index (χ0v) is 21.2. The number of para-hydroxylation sites is 2. The average Bonchev–Trinajstić information content (AvgIpc) is 3.11. The molecule has 0 spiro atoms. The molecule has 1 heterocycles. The molecule has 5 aromatic rings. The van der Waals surface area contributed by atoms with Crippen LogP contribution in [0.2, 0.25) is 0 Å². The lowest BCUT2D eigenvalue weighted by Gasteiger charge is -2.32. The van der Waals surface area contributed by atoms with Gasteiger partial charge in [-0.05, 0) is 91.1 Å². The van der Waals surface area contributed by atoms with Gasteiger partial charge in [-0.3, -0.25) is 0 Å². The topological polar surface area (TPSA) is 21.7 Å². The number of anilines is 3. The Labute approximate surface area is 213 Å². The van der Waals surface area contributed by atoms with Gasteiger partial charge in [0.15, 0.2) is 0 Å². The molecule has 0 aromatic heterocycles. The third-order valence-corrected chi connectivity index (χ3v) is 7.66. The highest BCUT2D eigenvalue weighted by molar-refractivity contribution is 6.62.